The Bertz CT molecular complexity index is 520. The number of para-hydroxylation sites is 1. The van der Waals surface area contributed by atoms with Gasteiger partial charge in [0.05, 0.1) is 11.1 Å². The first-order chi connectivity index (χ1) is 8.55. The molecule has 1 aromatic carbocycles. The lowest BCUT2D eigenvalue weighted by molar-refractivity contribution is -0.0814. The number of hydrogen-bond acceptors (Lipinski definition) is 2. The van der Waals surface area contributed by atoms with Crippen LogP contribution in [0.5, 0.6) is 5.75 Å². The van der Waals surface area contributed by atoms with Gasteiger partial charge in [0.15, 0.2) is 5.72 Å². The van der Waals surface area contributed by atoms with E-state index >= 15 is 0 Å². The van der Waals surface area contributed by atoms with Crippen molar-refractivity contribution in [1.82, 2.24) is 10.2 Å². The highest BCUT2D eigenvalue weighted by atomic mass is 35.5. The Hall–Kier alpha value is -1.42. The third-order valence-corrected chi connectivity index (χ3v) is 4.01. The first kappa shape index (κ1) is 11.7. The second kappa shape index (κ2) is 3.79. The molecule has 96 valence electrons. The minimum Gasteiger partial charge on any atom is -0.466 e. The van der Waals surface area contributed by atoms with E-state index in [-0.39, 0.29) is 12.1 Å². The van der Waals surface area contributed by atoms with Crippen molar-refractivity contribution in [2.75, 3.05) is 6.54 Å². The van der Waals surface area contributed by atoms with Gasteiger partial charge in [-0.15, -0.1) is 0 Å². The van der Waals surface area contributed by atoms with Crippen molar-refractivity contribution in [3.05, 3.63) is 28.8 Å². The van der Waals surface area contributed by atoms with E-state index in [9.17, 15) is 4.79 Å². The predicted octanol–water partition coefficient (Wildman–Crippen LogP) is 2.92. The molecule has 0 aromatic heterocycles. The van der Waals surface area contributed by atoms with Crippen LogP contribution in [0.2, 0.25) is 5.02 Å². The molecule has 18 heavy (non-hydrogen) atoms. The van der Waals surface area contributed by atoms with Gasteiger partial charge in [-0.25, -0.2) is 4.79 Å². The molecule has 1 fully saturated rings. The number of fused-ring (bicyclic) bond motifs is 4. The van der Waals surface area contributed by atoms with Gasteiger partial charge in [-0.3, -0.25) is 4.90 Å². The zero-order chi connectivity index (χ0) is 12.9. The maximum atomic E-state index is 12.0. The summed E-state index contributed by atoms with van der Waals surface area (Å²) in [4.78, 5) is 13.7. The molecule has 2 aliphatic rings. The number of nitrogens with zero attached hydrogens (tertiary/aromatic N) is 1. The second-order valence-corrected chi connectivity index (χ2v) is 5.29. The van der Waals surface area contributed by atoms with E-state index < -0.39 is 5.72 Å². The van der Waals surface area contributed by atoms with Crippen molar-refractivity contribution in [2.24, 2.45) is 0 Å². The summed E-state index contributed by atoms with van der Waals surface area (Å²) < 4.78 is 6.03. The first-order valence-corrected chi connectivity index (χ1v) is 6.48. The maximum Gasteiger partial charge on any atom is 0.320 e. The lowest BCUT2D eigenvalue weighted by atomic mass is 9.90. The van der Waals surface area contributed by atoms with Crippen LogP contribution in [0.4, 0.5) is 4.79 Å². The molecule has 4 nitrogen and oxygen atoms in total. The molecule has 1 N–H and O–H groups in total. The van der Waals surface area contributed by atoms with Crippen LogP contribution in [0, 0.1) is 0 Å². The van der Waals surface area contributed by atoms with Crippen LogP contribution in [-0.4, -0.2) is 23.2 Å². The smallest absolute Gasteiger partial charge is 0.320 e. The van der Waals surface area contributed by atoms with Gasteiger partial charge < -0.3 is 10.1 Å². The van der Waals surface area contributed by atoms with Gasteiger partial charge in [-0.1, -0.05) is 23.7 Å². The summed E-state index contributed by atoms with van der Waals surface area (Å²) in [6.45, 7) is 4.49. The minimum atomic E-state index is -0.611. The van der Waals surface area contributed by atoms with Crippen LogP contribution in [0.3, 0.4) is 0 Å². The van der Waals surface area contributed by atoms with Gasteiger partial charge in [0, 0.05) is 18.5 Å². The number of carbonyl (C=O) groups is 1. The van der Waals surface area contributed by atoms with E-state index in [1.807, 2.05) is 32.0 Å². The van der Waals surface area contributed by atoms with Gasteiger partial charge >= 0.3 is 6.03 Å². The van der Waals surface area contributed by atoms with Crippen LogP contribution in [0.25, 0.3) is 0 Å². The number of amides is 2. The first-order valence-electron chi connectivity index (χ1n) is 6.11. The predicted molar refractivity (Wildman–Crippen MR) is 68.8 cm³/mol. The Morgan fingerprint density at radius 1 is 1.61 bits per heavy atom. The number of rotatable bonds is 1. The maximum absolute atomic E-state index is 12.0. The summed E-state index contributed by atoms with van der Waals surface area (Å²) in [5, 5.41) is 3.60. The molecule has 3 rings (SSSR count). The summed E-state index contributed by atoms with van der Waals surface area (Å²) in [5.74, 6) is 0.691. The number of urea groups is 1. The third kappa shape index (κ3) is 1.48. The number of ether oxygens (including phenoxy) is 1. The normalized spacial score (nSPS) is 29.4. The van der Waals surface area contributed by atoms with E-state index in [0.717, 1.165) is 12.0 Å². The zero-order valence-electron chi connectivity index (χ0n) is 10.4. The largest absolute Gasteiger partial charge is 0.466 e. The van der Waals surface area contributed by atoms with E-state index in [2.05, 4.69) is 5.32 Å². The standard InChI is InChI=1S/C13H15ClN2O2/c1-3-16-12(17)15-10-7-13(16,2)18-11-8(10)5-4-6-9(11)14/h4-6,10H,3,7H2,1-2H3,(H,15,17). The molecule has 0 spiro atoms. The quantitative estimate of drug-likeness (QED) is 0.849. The van der Waals surface area contributed by atoms with Gasteiger partial charge in [0.25, 0.3) is 0 Å². The fraction of sp³-hybridized carbons (Fsp3) is 0.462. The monoisotopic (exact) mass is 266 g/mol. The molecule has 1 aromatic rings. The molecule has 0 saturated carbocycles. The number of halogens is 1. The molecular formula is C13H15ClN2O2. The fourth-order valence-corrected chi connectivity index (χ4v) is 3.09. The number of hydrogen-bond donors (Lipinski definition) is 1. The number of carbonyl (C=O) groups excluding carboxylic acids is 1. The van der Waals surface area contributed by atoms with Crippen molar-refractivity contribution in [2.45, 2.75) is 32.0 Å². The number of nitrogens with one attached hydrogen (secondary N) is 1. The Morgan fingerprint density at radius 2 is 2.39 bits per heavy atom. The Kier molecular flexibility index (Phi) is 2.45. The van der Waals surface area contributed by atoms with E-state index in [1.165, 1.54) is 0 Å². The van der Waals surface area contributed by atoms with Crippen molar-refractivity contribution in [3.8, 4) is 5.75 Å². The van der Waals surface area contributed by atoms with Gasteiger partial charge in [0.1, 0.15) is 5.75 Å². The van der Waals surface area contributed by atoms with Crippen LogP contribution < -0.4 is 10.1 Å². The summed E-state index contributed by atoms with van der Waals surface area (Å²) in [6.07, 6.45) is 0.736. The summed E-state index contributed by atoms with van der Waals surface area (Å²) >= 11 is 6.19. The zero-order valence-corrected chi connectivity index (χ0v) is 11.1. The minimum absolute atomic E-state index is 0.0206. The summed E-state index contributed by atoms with van der Waals surface area (Å²) in [5.41, 5.74) is 0.351. The molecule has 0 radical (unpaired) electrons. The van der Waals surface area contributed by atoms with Crippen LogP contribution in [0.1, 0.15) is 31.9 Å². The van der Waals surface area contributed by atoms with Gasteiger partial charge in [-0.2, -0.15) is 0 Å². The molecule has 2 heterocycles. The van der Waals surface area contributed by atoms with Crippen LogP contribution >= 0.6 is 11.6 Å². The molecule has 5 heteroatoms. The Balaban J connectivity index is 2.12. The average Bonchev–Trinajstić information content (AvgIpc) is 2.30. The molecule has 2 unspecified atom stereocenters. The molecule has 2 atom stereocenters. The van der Waals surface area contributed by atoms with E-state index in [1.54, 1.807) is 4.90 Å². The van der Waals surface area contributed by atoms with Crippen molar-refractivity contribution in [1.29, 1.82) is 0 Å². The summed E-state index contributed by atoms with van der Waals surface area (Å²) in [6, 6.07) is 5.54. The van der Waals surface area contributed by atoms with Crippen LogP contribution in [0.15, 0.2) is 18.2 Å². The molecular weight excluding hydrogens is 252 g/mol. The molecule has 2 aliphatic heterocycles. The Morgan fingerprint density at radius 3 is 3.11 bits per heavy atom. The summed E-state index contributed by atoms with van der Waals surface area (Å²) in [7, 11) is 0. The van der Waals surface area contributed by atoms with Crippen molar-refractivity contribution >= 4 is 17.6 Å². The van der Waals surface area contributed by atoms with E-state index in [4.69, 9.17) is 16.3 Å². The highest BCUT2D eigenvalue weighted by Gasteiger charge is 2.48. The third-order valence-electron chi connectivity index (χ3n) is 3.71. The van der Waals surface area contributed by atoms with E-state index in [0.29, 0.717) is 17.3 Å². The molecule has 2 amide bonds. The van der Waals surface area contributed by atoms with Gasteiger partial charge in [0.2, 0.25) is 0 Å². The number of benzene rings is 1. The highest BCUT2D eigenvalue weighted by molar-refractivity contribution is 6.32. The topological polar surface area (TPSA) is 41.6 Å². The lowest BCUT2D eigenvalue weighted by Gasteiger charge is -2.50. The second-order valence-electron chi connectivity index (χ2n) is 4.89. The fourth-order valence-electron chi connectivity index (χ4n) is 2.87. The average molecular weight is 267 g/mol. The van der Waals surface area contributed by atoms with Gasteiger partial charge in [-0.05, 0) is 19.9 Å². The molecule has 2 bridgehead atoms. The molecule has 0 aliphatic carbocycles. The van der Waals surface area contributed by atoms with Crippen LogP contribution in [-0.2, 0) is 0 Å². The molecule has 1 saturated heterocycles. The lowest BCUT2D eigenvalue weighted by Crippen LogP contribution is -2.64. The van der Waals surface area contributed by atoms with Crippen molar-refractivity contribution in [3.63, 3.8) is 0 Å². The Labute approximate surface area is 111 Å². The highest BCUT2D eigenvalue weighted by Crippen LogP contribution is 2.46. The van der Waals surface area contributed by atoms with Crippen molar-refractivity contribution < 1.29 is 9.53 Å². The SMILES string of the molecule is CCN1C(=O)NC2CC1(C)Oc1c(Cl)cccc12.